The Kier molecular flexibility index (Phi) is 7.83. The number of imidazole rings is 1. The van der Waals surface area contributed by atoms with Gasteiger partial charge in [0.1, 0.15) is 0 Å². The molecule has 3 rings (SSSR count). The van der Waals surface area contributed by atoms with Gasteiger partial charge in [-0.05, 0) is 38.8 Å². The van der Waals surface area contributed by atoms with Crippen molar-refractivity contribution in [3.8, 4) is 11.3 Å². The summed E-state index contributed by atoms with van der Waals surface area (Å²) in [5.74, 6) is 0. The van der Waals surface area contributed by atoms with E-state index in [-0.39, 0.29) is 24.8 Å². The molecular formula is C18H25Cl2N3. The Hall–Kier alpha value is -1.29. The van der Waals surface area contributed by atoms with Crippen LogP contribution in [0.2, 0.25) is 0 Å². The smallest absolute Gasteiger partial charge is 0.0961 e. The number of benzene rings is 1. The largest absolute Gasteiger partial charge is 0.326 e. The van der Waals surface area contributed by atoms with Gasteiger partial charge in [0.05, 0.1) is 17.7 Å². The van der Waals surface area contributed by atoms with Crippen LogP contribution in [0.15, 0.2) is 42.7 Å². The molecule has 0 radical (unpaired) electrons. The van der Waals surface area contributed by atoms with Crippen LogP contribution in [0.5, 0.6) is 0 Å². The number of aromatic nitrogens is 2. The van der Waals surface area contributed by atoms with Crippen molar-refractivity contribution in [3.63, 3.8) is 0 Å². The van der Waals surface area contributed by atoms with E-state index < -0.39 is 0 Å². The van der Waals surface area contributed by atoms with Crippen LogP contribution in [0, 0.1) is 0 Å². The van der Waals surface area contributed by atoms with Gasteiger partial charge in [-0.15, -0.1) is 24.8 Å². The lowest BCUT2D eigenvalue weighted by molar-refractivity contribution is 0.369. The normalized spacial score (nSPS) is 18.0. The average molecular weight is 354 g/mol. The third-order valence-corrected chi connectivity index (χ3v) is 4.31. The standard InChI is InChI=1S/C18H23N3.2ClH/c1-3-14(2)18-17(15-8-5-4-6-9-15)20-13-21(18)16-10-7-11-19-12-16;;/h3-6,8-9,13,16,19H,7,10-12H2,1-2H3;2*1H. The minimum absolute atomic E-state index is 0. The summed E-state index contributed by atoms with van der Waals surface area (Å²) in [5, 5.41) is 3.50. The van der Waals surface area contributed by atoms with Crippen molar-refractivity contribution in [1.82, 2.24) is 14.9 Å². The first-order valence-electron chi connectivity index (χ1n) is 7.77. The fourth-order valence-electron chi connectivity index (χ4n) is 3.04. The third kappa shape index (κ3) is 4.17. The van der Waals surface area contributed by atoms with E-state index in [4.69, 9.17) is 4.98 Å². The summed E-state index contributed by atoms with van der Waals surface area (Å²) in [4.78, 5) is 4.72. The van der Waals surface area contributed by atoms with Gasteiger partial charge < -0.3 is 9.88 Å². The first-order chi connectivity index (χ1) is 10.3. The Bertz CT molecular complexity index is 629. The molecule has 1 N–H and O–H groups in total. The second kappa shape index (κ2) is 9.11. The Balaban J connectivity index is 0.00000132. The van der Waals surface area contributed by atoms with Crippen molar-refractivity contribution in [1.29, 1.82) is 0 Å². The number of piperidine rings is 1. The maximum Gasteiger partial charge on any atom is 0.0961 e. The number of nitrogens with one attached hydrogen (secondary N) is 1. The van der Waals surface area contributed by atoms with Crippen LogP contribution in [0.25, 0.3) is 16.8 Å². The van der Waals surface area contributed by atoms with Gasteiger partial charge in [0.15, 0.2) is 0 Å². The molecule has 0 aliphatic carbocycles. The maximum absolute atomic E-state index is 4.72. The zero-order chi connectivity index (χ0) is 14.7. The topological polar surface area (TPSA) is 29.9 Å². The number of hydrogen-bond acceptors (Lipinski definition) is 2. The fraction of sp³-hybridized carbons (Fsp3) is 0.389. The summed E-state index contributed by atoms with van der Waals surface area (Å²) in [7, 11) is 0. The van der Waals surface area contributed by atoms with Gasteiger partial charge in [0, 0.05) is 18.2 Å². The monoisotopic (exact) mass is 353 g/mol. The molecule has 1 atom stereocenters. The number of rotatable bonds is 3. The molecule has 5 heteroatoms. The van der Waals surface area contributed by atoms with Gasteiger partial charge >= 0.3 is 0 Å². The first-order valence-corrected chi connectivity index (χ1v) is 7.77. The van der Waals surface area contributed by atoms with Gasteiger partial charge in [-0.2, -0.15) is 0 Å². The van der Waals surface area contributed by atoms with Gasteiger partial charge in [0.2, 0.25) is 0 Å². The molecule has 0 bridgehead atoms. The minimum atomic E-state index is 0. The van der Waals surface area contributed by atoms with Crippen molar-refractivity contribution in [3.05, 3.63) is 48.4 Å². The summed E-state index contributed by atoms with van der Waals surface area (Å²) in [6.07, 6.45) is 6.65. The summed E-state index contributed by atoms with van der Waals surface area (Å²) in [6, 6.07) is 11.0. The van der Waals surface area contributed by atoms with E-state index >= 15 is 0 Å². The van der Waals surface area contributed by atoms with E-state index in [0.29, 0.717) is 6.04 Å². The molecule has 2 heterocycles. The number of nitrogens with zero attached hydrogens (tertiary/aromatic N) is 2. The van der Waals surface area contributed by atoms with Crippen molar-refractivity contribution >= 4 is 30.4 Å². The fourth-order valence-corrected chi connectivity index (χ4v) is 3.04. The van der Waals surface area contributed by atoms with E-state index in [0.717, 1.165) is 18.8 Å². The predicted octanol–water partition coefficient (Wildman–Crippen LogP) is 4.74. The van der Waals surface area contributed by atoms with Crippen LogP contribution in [0.1, 0.15) is 38.4 Å². The minimum Gasteiger partial charge on any atom is -0.326 e. The van der Waals surface area contributed by atoms with Crippen LogP contribution in [0.3, 0.4) is 0 Å². The van der Waals surface area contributed by atoms with Crippen LogP contribution >= 0.6 is 24.8 Å². The summed E-state index contributed by atoms with van der Waals surface area (Å²) < 4.78 is 2.36. The SMILES string of the molecule is CC=C(C)c1c(-c2ccccc2)ncn1C1CCCNC1.Cl.Cl. The van der Waals surface area contributed by atoms with Crippen molar-refractivity contribution in [2.24, 2.45) is 0 Å². The lowest BCUT2D eigenvalue weighted by Gasteiger charge is -2.26. The molecule has 0 amide bonds. The molecule has 0 saturated carbocycles. The van der Waals surface area contributed by atoms with Crippen LogP contribution < -0.4 is 5.32 Å². The number of halogens is 2. The van der Waals surface area contributed by atoms with Crippen LogP contribution in [0.4, 0.5) is 0 Å². The van der Waals surface area contributed by atoms with E-state index in [1.54, 1.807) is 0 Å². The highest BCUT2D eigenvalue weighted by Gasteiger charge is 2.21. The average Bonchev–Trinajstić information content (AvgIpc) is 3.00. The molecule has 3 nitrogen and oxygen atoms in total. The van der Waals surface area contributed by atoms with E-state index in [2.05, 4.69) is 54.1 Å². The molecular weight excluding hydrogens is 329 g/mol. The Morgan fingerprint density at radius 2 is 2.00 bits per heavy atom. The molecule has 1 saturated heterocycles. The highest BCUT2D eigenvalue weighted by Crippen LogP contribution is 2.31. The Morgan fingerprint density at radius 3 is 2.61 bits per heavy atom. The van der Waals surface area contributed by atoms with Crippen molar-refractivity contribution < 1.29 is 0 Å². The van der Waals surface area contributed by atoms with E-state index in [1.165, 1.54) is 29.7 Å². The highest BCUT2D eigenvalue weighted by molar-refractivity contribution is 5.85. The second-order valence-electron chi connectivity index (χ2n) is 5.69. The van der Waals surface area contributed by atoms with Gasteiger partial charge in [-0.25, -0.2) is 4.98 Å². The Labute approximate surface area is 151 Å². The third-order valence-electron chi connectivity index (χ3n) is 4.31. The number of allylic oxidation sites excluding steroid dienone is 2. The molecule has 23 heavy (non-hydrogen) atoms. The zero-order valence-electron chi connectivity index (χ0n) is 13.7. The summed E-state index contributed by atoms with van der Waals surface area (Å²) >= 11 is 0. The summed E-state index contributed by atoms with van der Waals surface area (Å²) in [6.45, 7) is 6.44. The molecule has 1 unspecified atom stereocenters. The Morgan fingerprint density at radius 1 is 1.26 bits per heavy atom. The van der Waals surface area contributed by atoms with Crippen molar-refractivity contribution in [2.75, 3.05) is 13.1 Å². The first kappa shape index (κ1) is 19.8. The predicted molar refractivity (Wildman–Crippen MR) is 103 cm³/mol. The molecule has 0 spiro atoms. The molecule has 2 aromatic rings. The maximum atomic E-state index is 4.72. The molecule has 1 aromatic carbocycles. The van der Waals surface area contributed by atoms with Gasteiger partial charge in [-0.3, -0.25) is 0 Å². The van der Waals surface area contributed by atoms with E-state index in [1.807, 2.05) is 12.4 Å². The lowest BCUT2D eigenvalue weighted by atomic mass is 10.0. The molecule has 1 aliphatic rings. The summed E-state index contributed by atoms with van der Waals surface area (Å²) in [5.41, 5.74) is 4.84. The van der Waals surface area contributed by atoms with Crippen LogP contribution in [-0.2, 0) is 0 Å². The zero-order valence-corrected chi connectivity index (χ0v) is 15.3. The molecule has 126 valence electrons. The molecule has 1 aromatic heterocycles. The second-order valence-corrected chi connectivity index (χ2v) is 5.69. The molecule has 1 aliphatic heterocycles. The quantitative estimate of drug-likeness (QED) is 0.863. The molecule has 1 fully saturated rings. The van der Waals surface area contributed by atoms with Gasteiger partial charge in [-0.1, -0.05) is 36.4 Å². The van der Waals surface area contributed by atoms with Crippen molar-refractivity contribution in [2.45, 2.75) is 32.7 Å². The van der Waals surface area contributed by atoms with E-state index in [9.17, 15) is 0 Å². The lowest BCUT2D eigenvalue weighted by Crippen LogP contribution is -2.32. The number of hydrogen-bond donors (Lipinski definition) is 1. The van der Waals surface area contributed by atoms with Gasteiger partial charge in [0.25, 0.3) is 0 Å². The van der Waals surface area contributed by atoms with Crippen LogP contribution in [-0.4, -0.2) is 22.6 Å². The highest BCUT2D eigenvalue weighted by atomic mass is 35.5.